The van der Waals surface area contributed by atoms with Crippen LogP contribution in [0.4, 0.5) is 0 Å². The predicted octanol–water partition coefficient (Wildman–Crippen LogP) is 4.54. The van der Waals surface area contributed by atoms with E-state index in [1.165, 1.54) is 5.57 Å². The smallest absolute Gasteiger partial charge is 0.359 e. The second kappa shape index (κ2) is 7.00. The first-order valence-electron chi connectivity index (χ1n) is 8.88. The molecule has 1 aromatic heterocycles. The van der Waals surface area contributed by atoms with Crippen LogP contribution in [-0.4, -0.2) is 22.4 Å². The topological polar surface area (TPSA) is 44.1 Å². The molecule has 0 amide bonds. The van der Waals surface area contributed by atoms with Crippen molar-refractivity contribution in [3.63, 3.8) is 0 Å². The molecule has 0 fully saturated rings. The zero-order valence-corrected chi connectivity index (χ0v) is 14.7. The lowest BCUT2D eigenvalue weighted by Crippen LogP contribution is -2.09. The summed E-state index contributed by atoms with van der Waals surface area (Å²) in [6.45, 7) is 2.16. The van der Waals surface area contributed by atoms with E-state index in [-0.39, 0.29) is 5.97 Å². The van der Waals surface area contributed by atoms with E-state index < -0.39 is 0 Å². The van der Waals surface area contributed by atoms with Gasteiger partial charge in [0.25, 0.3) is 0 Å². The van der Waals surface area contributed by atoms with E-state index >= 15 is 0 Å². The molecular formula is C22H20N2O2. The van der Waals surface area contributed by atoms with E-state index in [0.29, 0.717) is 12.3 Å². The molecule has 4 rings (SSSR count). The summed E-state index contributed by atoms with van der Waals surface area (Å²) in [6, 6.07) is 20.2. The molecule has 0 aliphatic heterocycles. The number of benzene rings is 2. The van der Waals surface area contributed by atoms with Crippen LogP contribution >= 0.6 is 0 Å². The highest BCUT2D eigenvalue weighted by atomic mass is 16.5. The third-order valence-corrected chi connectivity index (χ3v) is 4.54. The fraction of sp³-hybridized carbons (Fsp3) is 0.182. The van der Waals surface area contributed by atoms with Crippen molar-refractivity contribution in [1.82, 2.24) is 9.78 Å². The molecule has 0 radical (unpaired) electrons. The molecule has 0 saturated heterocycles. The third kappa shape index (κ3) is 2.94. The summed E-state index contributed by atoms with van der Waals surface area (Å²) < 4.78 is 7.10. The van der Waals surface area contributed by atoms with Crippen molar-refractivity contribution in [1.29, 1.82) is 0 Å². The second-order valence-electron chi connectivity index (χ2n) is 6.22. The van der Waals surface area contributed by atoms with Gasteiger partial charge >= 0.3 is 5.97 Å². The van der Waals surface area contributed by atoms with E-state index in [9.17, 15) is 4.79 Å². The Kier molecular flexibility index (Phi) is 4.40. The Morgan fingerprint density at radius 2 is 1.77 bits per heavy atom. The van der Waals surface area contributed by atoms with E-state index in [1.807, 2.05) is 60.1 Å². The summed E-state index contributed by atoms with van der Waals surface area (Å²) >= 11 is 0. The Morgan fingerprint density at radius 1 is 1.08 bits per heavy atom. The van der Waals surface area contributed by atoms with Gasteiger partial charge in [0.1, 0.15) is 0 Å². The average molecular weight is 344 g/mol. The number of ether oxygens (including phenoxy) is 1. The molecule has 0 saturated carbocycles. The van der Waals surface area contributed by atoms with Gasteiger partial charge in [-0.1, -0.05) is 48.5 Å². The van der Waals surface area contributed by atoms with Crippen LogP contribution in [0.1, 0.15) is 40.7 Å². The van der Waals surface area contributed by atoms with Gasteiger partial charge in [-0.2, -0.15) is 5.10 Å². The van der Waals surface area contributed by atoms with Gasteiger partial charge in [0.05, 0.1) is 18.0 Å². The number of para-hydroxylation sites is 1. The minimum atomic E-state index is -0.348. The van der Waals surface area contributed by atoms with Crippen LogP contribution in [0, 0.1) is 0 Å². The van der Waals surface area contributed by atoms with Crippen molar-refractivity contribution < 1.29 is 9.53 Å². The normalized spacial score (nSPS) is 14.4. The standard InChI is InChI=1S/C22H20N2O2/c1-2-26-22(25)20-19-14-13-17(15-16-9-5-3-6-10-16)21(19)24(23-20)18-11-7-4-8-12-18/h3-12,15H,2,13-14H2,1H3/b17-15-. The van der Waals surface area contributed by atoms with Crippen LogP contribution in [0.15, 0.2) is 60.7 Å². The third-order valence-electron chi connectivity index (χ3n) is 4.54. The van der Waals surface area contributed by atoms with Crippen LogP contribution in [0.5, 0.6) is 0 Å². The van der Waals surface area contributed by atoms with Crippen molar-refractivity contribution in [3.05, 3.63) is 83.2 Å². The summed E-state index contributed by atoms with van der Waals surface area (Å²) in [5, 5.41) is 4.61. The molecule has 4 nitrogen and oxygen atoms in total. The fourth-order valence-electron chi connectivity index (χ4n) is 3.41. The van der Waals surface area contributed by atoms with Crippen LogP contribution in [-0.2, 0) is 11.2 Å². The Labute approximate surface area is 152 Å². The number of esters is 1. The van der Waals surface area contributed by atoms with Crippen LogP contribution < -0.4 is 0 Å². The summed E-state index contributed by atoms with van der Waals surface area (Å²) in [5.41, 5.74) is 5.71. The molecule has 0 N–H and O–H groups in total. The molecule has 1 heterocycles. The van der Waals surface area contributed by atoms with Gasteiger partial charge in [0, 0.05) is 5.56 Å². The molecule has 26 heavy (non-hydrogen) atoms. The minimum absolute atomic E-state index is 0.346. The van der Waals surface area contributed by atoms with Crippen molar-refractivity contribution >= 4 is 17.6 Å². The maximum Gasteiger partial charge on any atom is 0.359 e. The quantitative estimate of drug-likeness (QED) is 0.653. The largest absolute Gasteiger partial charge is 0.461 e. The second-order valence-corrected chi connectivity index (χ2v) is 6.22. The molecule has 1 aliphatic rings. The Bertz CT molecular complexity index is 957. The summed E-state index contributed by atoms with van der Waals surface area (Å²) in [6.07, 6.45) is 3.87. The monoisotopic (exact) mass is 344 g/mol. The summed E-state index contributed by atoms with van der Waals surface area (Å²) in [5.74, 6) is -0.348. The van der Waals surface area contributed by atoms with Crippen LogP contribution in [0.25, 0.3) is 17.3 Å². The number of fused-ring (bicyclic) bond motifs is 1. The van der Waals surface area contributed by atoms with Crippen molar-refractivity contribution in [3.8, 4) is 5.69 Å². The fourth-order valence-corrected chi connectivity index (χ4v) is 3.41. The Balaban J connectivity index is 1.87. The van der Waals surface area contributed by atoms with Gasteiger partial charge in [0.15, 0.2) is 5.69 Å². The predicted molar refractivity (Wildman–Crippen MR) is 102 cm³/mol. The number of allylic oxidation sites excluding steroid dienone is 1. The summed E-state index contributed by atoms with van der Waals surface area (Å²) in [4.78, 5) is 12.4. The van der Waals surface area contributed by atoms with Gasteiger partial charge in [-0.3, -0.25) is 0 Å². The molecule has 0 atom stereocenters. The minimum Gasteiger partial charge on any atom is -0.461 e. The first-order chi connectivity index (χ1) is 12.8. The lowest BCUT2D eigenvalue weighted by Gasteiger charge is -2.07. The van der Waals surface area contributed by atoms with Gasteiger partial charge in [-0.25, -0.2) is 9.48 Å². The van der Waals surface area contributed by atoms with E-state index in [1.54, 1.807) is 0 Å². The highest BCUT2D eigenvalue weighted by Gasteiger charge is 2.30. The van der Waals surface area contributed by atoms with E-state index in [4.69, 9.17) is 4.74 Å². The molecule has 4 heteroatoms. The SMILES string of the molecule is CCOC(=O)c1nn(-c2ccccc2)c2c1CC/C2=C/c1ccccc1. The van der Waals surface area contributed by atoms with Crippen molar-refractivity contribution in [2.45, 2.75) is 19.8 Å². The van der Waals surface area contributed by atoms with Crippen molar-refractivity contribution in [2.75, 3.05) is 6.61 Å². The Hall–Kier alpha value is -3.14. The Morgan fingerprint density at radius 3 is 2.46 bits per heavy atom. The highest BCUT2D eigenvalue weighted by Crippen LogP contribution is 2.37. The molecule has 3 aromatic rings. The van der Waals surface area contributed by atoms with Crippen molar-refractivity contribution in [2.24, 2.45) is 0 Å². The van der Waals surface area contributed by atoms with Crippen LogP contribution in [0.2, 0.25) is 0 Å². The van der Waals surface area contributed by atoms with Gasteiger partial charge < -0.3 is 4.74 Å². The molecular weight excluding hydrogens is 324 g/mol. The van der Waals surface area contributed by atoms with Crippen LogP contribution in [0.3, 0.4) is 0 Å². The van der Waals surface area contributed by atoms with Gasteiger partial charge in [-0.15, -0.1) is 0 Å². The number of hydrogen-bond donors (Lipinski definition) is 0. The zero-order chi connectivity index (χ0) is 17.9. The average Bonchev–Trinajstić information content (AvgIpc) is 3.25. The molecule has 130 valence electrons. The lowest BCUT2D eigenvalue weighted by molar-refractivity contribution is 0.0517. The van der Waals surface area contributed by atoms with E-state index in [0.717, 1.165) is 35.3 Å². The lowest BCUT2D eigenvalue weighted by atomic mass is 10.1. The number of carbonyl (C=O) groups is 1. The highest BCUT2D eigenvalue weighted by molar-refractivity contribution is 5.94. The molecule has 0 bridgehead atoms. The maximum atomic E-state index is 12.4. The number of carbonyl (C=O) groups excluding carboxylic acids is 1. The number of hydrogen-bond acceptors (Lipinski definition) is 3. The molecule has 1 aliphatic carbocycles. The summed E-state index contributed by atoms with van der Waals surface area (Å²) in [7, 11) is 0. The first-order valence-corrected chi connectivity index (χ1v) is 8.88. The van der Waals surface area contributed by atoms with E-state index in [2.05, 4.69) is 23.3 Å². The first kappa shape index (κ1) is 16.3. The number of rotatable bonds is 4. The van der Waals surface area contributed by atoms with Gasteiger partial charge in [0.2, 0.25) is 0 Å². The number of aromatic nitrogens is 2. The molecule has 2 aromatic carbocycles. The zero-order valence-electron chi connectivity index (χ0n) is 14.7. The molecule has 0 spiro atoms. The number of nitrogens with zero attached hydrogens (tertiary/aromatic N) is 2. The van der Waals surface area contributed by atoms with Gasteiger partial charge in [-0.05, 0) is 49.1 Å². The maximum absolute atomic E-state index is 12.4. The molecule has 0 unspecified atom stereocenters.